The normalized spacial score (nSPS) is 13.4. The second-order valence-corrected chi connectivity index (χ2v) is 4.42. The summed E-state index contributed by atoms with van der Waals surface area (Å²) in [4.78, 5) is 22.6. The summed E-state index contributed by atoms with van der Waals surface area (Å²) < 4.78 is 5.51. The lowest BCUT2D eigenvalue weighted by Gasteiger charge is -2.17. The van der Waals surface area contributed by atoms with E-state index in [9.17, 15) is 9.59 Å². The molecule has 5 heteroatoms. The van der Waals surface area contributed by atoms with Gasteiger partial charge in [0, 0.05) is 24.7 Å². The lowest BCUT2D eigenvalue weighted by atomic mass is 10.0. The first-order chi connectivity index (χ1) is 9.19. The number of aryl methyl sites for hydroxylation is 1. The van der Waals surface area contributed by atoms with Crippen LogP contribution in [0.25, 0.3) is 0 Å². The molecule has 0 saturated heterocycles. The lowest BCUT2D eigenvalue weighted by molar-refractivity contribution is -0.121. The van der Waals surface area contributed by atoms with Crippen LogP contribution in [0, 0.1) is 0 Å². The Morgan fingerprint density at radius 2 is 2.26 bits per heavy atom. The van der Waals surface area contributed by atoms with Crippen LogP contribution < -0.4 is 15.4 Å². The van der Waals surface area contributed by atoms with Crippen molar-refractivity contribution in [3.8, 4) is 5.75 Å². The fraction of sp³-hybridized carbons (Fsp3) is 0.429. The van der Waals surface area contributed by atoms with E-state index in [-0.39, 0.29) is 11.8 Å². The molecule has 0 atom stereocenters. The molecule has 2 N–H and O–H groups in total. The number of nitrogens with one attached hydrogen (secondary N) is 2. The lowest BCUT2D eigenvalue weighted by Crippen LogP contribution is -2.24. The number of rotatable bonds is 5. The molecule has 0 spiro atoms. The molecule has 1 aromatic carbocycles. The average molecular weight is 262 g/mol. The van der Waals surface area contributed by atoms with Gasteiger partial charge >= 0.3 is 0 Å². The molecule has 0 saturated carbocycles. The third-order valence-corrected chi connectivity index (χ3v) is 2.95. The predicted octanol–water partition coefficient (Wildman–Crippen LogP) is 1.48. The van der Waals surface area contributed by atoms with Crippen molar-refractivity contribution in [2.45, 2.75) is 26.2 Å². The molecular weight excluding hydrogens is 244 g/mol. The van der Waals surface area contributed by atoms with E-state index in [4.69, 9.17) is 4.74 Å². The van der Waals surface area contributed by atoms with Crippen LogP contribution in [0.3, 0.4) is 0 Å². The van der Waals surface area contributed by atoms with Gasteiger partial charge in [-0.2, -0.15) is 0 Å². The Hall–Kier alpha value is -2.04. The minimum absolute atomic E-state index is 0.0197. The van der Waals surface area contributed by atoms with E-state index < -0.39 is 0 Å². The van der Waals surface area contributed by atoms with Crippen LogP contribution in [-0.4, -0.2) is 25.0 Å². The Bertz CT molecular complexity index is 486. The van der Waals surface area contributed by atoms with Gasteiger partial charge in [0.15, 0.2) is 0 Å². The molecule has 2 amide bonds. The summed E-state index contributed by atoms with van der Waals surface area (Å²) in [6.45, 7) is 2.84. The topological polar surface area (TPSA) is 67.4 Å². The van der Waals surface area contributed by atoms with Gasteiger partial charge in [-0.3, -0.25) is 9.59 Å². The molecule has 0 bridgehead atoms. The predicted molar refractivity (Wildman–Crippen MR) is 72.2 cm³/mol. The summed E-state index contributed by atoms with van der Waals surface area (Å²) in [7, 11) is 0. The maximum atomic E-state index is 11.3. The number of hydrogen-bond donors (Lipinski definition) is 2. The van der Waals surface area contributed by atoms with E-state index in [0.717, 1.165) is 17.7 Å². The molecule has 0 aromatic heterocycles. The van der Waals surface area contributed by atoms with Gasteiger partial charge in [0.05, 0.1) is 13.0 Å². The SMILES string of the molecule is CCNC(=O)CCOc1ccc2c(c1)NC(=O)CC2. The average Bonchev–Trinajstić information content (AvgIpc) is 2.38. The fourth-order valence-electron chi connectivity index (χ4n) is 1.99. The second-order valence-electron chi connectivity index (χ2n) is 4.42. The number of carbonyl (C=O) groups is 2. The summed E-state index contributed by atoms with van der Waals surface area (Å²) in [6.07, 6.45) is 1.63. The molecule has 2 rings (SSSR count). The maximum Gasteiger partial charge on any atom is 0.224 e. The largest absolute Gasteiger partial charge is 0.493 e. The summed E-state index contributed by atoms with van der Waals surface area (Å²) in [5, 5.41) is 5.53. The molecule has 0 radical (unpaired) electrons. The highest BCUT2D eigenvalue weighted by molar-refractivity contribution is 5.94. The zero-order valence-electron chi connectivity index (χ0n) is 11.0. The van der Waals surface area contributed by atoms with E-state index in [0.29, 0.717) is 31.7 Å². The zero-order valence-corrected chi connectivity index (χ0v) is 11.0. The monoisotopic (exact) mass is 262 g/mol. The van der Waals surface area contributed by atoms with Crippen molar-refractivity contribution < 1.29 is 14.3 Å². The standard InChI is InChI=1S/C14H18N2O3/c1-2-15-13(17)7-8-19-11-5-3-10-4-6-14(18)16-12(10)9-11/h3,5,9H,2,4,6-8H2,1H3,(H,15,17)(H,16,18). The number of ether oxygens (including phenoxy) is 1. The number of fused-ring (bicyclic) bond motifs is 1. The summed E-state index contributed by atoms with van der Waals surface area (Å²) in [5.74, 6) is 0.686. The number of anilines is 1. The molecule has 1 heterocycles. The van der Waals surface area contributed by atoms with Crippen molar-refractivity contribution in [1.29, 1.82) is 0 Å². The molecule has 1 aliphatic rings. The Balaban J connectivity index is 1.89. The van der Waals surface area contributed by atoms with Crippen LogP contribution in [-0.2, 0) is 16.0 Å². The molecule has 1 aliphatic heterocycles. The highest BCUT2D eigenvalue weighted by Gasteiger charge is 2.15. The van der Waals surface area contributed by atoms with Crippen molar-refractivity contribution in [2.24, 2.45) is 0 Å². The van der Waals surface area contributed by atoms with Crippen molar-refractivity contribution >= 4 is 17.5 Å². The minimum Gasteiger partial charge on any atom is -0.493 e. The van der Waals surface area contributed by atoms with E-state index in [2.05, 4.69) is 10.6 Å². The van der Waals surface area contributed by atoms with Gasteiger partial charge in [-0.05, 0) is 25.0 Å². The summed E-state index contributed by atoms with van der Waals surface area (Å²) >= 11 is 0. The van der Waals surface area contributed by atoms with Crippen molar-refractivity contribution in [3.05, 3.63) is 23.8 Å². The van der Waals surface area contributed by atoms with E-state index in [1.54, 1.807) is 0 Å². The molecule has 19 heavy (non-hydrogen) atoms. The molecule has 0 aliphatic carbocycles. The van der Waals surface area contributed by atoms with Crippen molar-refractivity contribution in [1.82, 2.24) is 5.32 Å². The summed E-state index contributed by atoms with van der Waals surface area (Å²) in [5.41, 5.74) is 1.93. The molecule has 0 fully saturated rings. The third kappa shape index (κ3) is 3.71. The van der Waals surface area contributed by atoms with Gasteiger partial charge in [-0.1, -0.05) is 6.07 Å². The molecule has 102 valence electrons. The molecule has 0 unspecified atom stereocenters. The van der Waals surface area contributed by atoms with Crippen LogP contribution in [0.2, 0.25) is 0 Å². The van der Waals surface area contributed by atoms with Crippen molar-refractivity contribution in [2.75, 3.05) is 18.5 Å². The van der Waals surface area contributed by atoms with E-state index in [1.165, 1.54) is 0 Å². The summed E-state index contributed by atoms with van der Waals surface area (Å²) in [6, 6.07) is 5.63. The van der Waals surface area contributed by atoms with E-state index >= 15 is 0 Å². The Morgan fingerprint density at radius 3 is 3.05 bits per heavy atom. The highest BCUT2D eigenvalue weighted by Crippen LogP contribution is 2.27. The van der Waals surface area contributed by atoms with Gasteiger partial charge in [-0.25, -0.2) is 0 Å². The first-order valence-corrected chi connectivity index (χ1v) is 6.51. The Kier molecular flexibility index (Phi) is 4.39. The van der Waals surface area contributed by atoms with Crippen LogP contribution in [0.1, 0.15) is 25.3 Å². The second kappa shape index (κ2) is 6.22. The number of hydrogen-bond acceptors (Lipinski definition) is 3. The van der Waals surface area contributed by atoms with Crippen LogP contribution in [0.5, 0.6) is 5.75 Å². The number of carbonyl (C=O) groups excluding carboxylic acids is 2. The van der Waals surface area contributed by atoms with E-state index in [1.807, 2.05) is 25.1 Å². The fourth-order valence-corrected chi connectivity index (χ4v) is 1.99. The van der Waals surface area contributed by atoms with Gasteiger partial charge in [-0.15, -0.1) is 0 Å². The van der Waals surface area contributed by atoms with Gasteiger partial charge in [0.2, 0.25) is 11.8 Å². The smallest absolute Gasteiger partial charge is 0.224 e. The van der Waals surface area contributed by atoms with Gasteiger partial charge < -0.3 is 15.4 Å². The van der Waals surface area contributed by atoms with Gasteiger partial charge in [0.25, 0.3) is 0 Å². The molecule has 5 nitrogen and oxygen atoms in total. The highest BCUT2D eigenvalue weighted by atomic mass is 16.5. The van der Waals surface area contributed by atoms with Crippen LogP contribution in [0.15, 0.2) is 18.2 Å². The Labute approximate surface area is 112 Å². The van der Waals surface area contributed by atoms with Crippen LogP contribution in [0.4, 0.5) is 5.69 Å². The minimum atomic E-state index is -0.0197. The van der Waals surface area contributed by atoms with Gasteiger partial charge in [0.1, 0.15) is 5.75 Å². The Morgan fingerprint density at radius 1 is 1.42 bits per heavy atom. The third-order valence-electron chi connectivity index (χ3n) is 2.95. The number of benzene rings is 1. The number of amides is 2. The van der Waals surface area contributed by atoms with Crippen LogP contribution >= 0.6 is 0 Å². The first-order valence-electron chi connectivity index (χ1n) is 6.51. The molecular formula is C14H18N2O3. The first kappa shape index (κ1) is 13.4. The zero-order chi connectivity index (χ0) is 13.7. The molecule has 1 aromatic rings. The maximum absolute atomic E-state index is 11.3. The quantitative estimate of drug-likeness (QED) is 0.844. The van der Waals surface area contributed by atoms with Crippen molar-refractivity contribution in [3.63, 3.8) is 0 Å².